The van der Waals surface area contributed by atoms with Crippen LogP contribution in [0.2, 0.25) is 0 Å². The van der Waals surface area contributed by atoms with Crippen molar-refractivity contribution in [2.45, 2.75) is 31.8 Å². The smallest absolute Gasteiger partial charge is 0.543 e. The van der Waals surface area contributed by atoms with Crippen LogP contribution < -0.4 is 39.6 Å². The predicted molar refractivity (Wildman–Crippen MR) is 105 cm³/mol. The van der Waals surface area contributed by atoms with E-state index < -0.39 is 17.9 Å². The number of anilines is 1. The summed E-state index contributed by atoms with van der Waals surface area (Å²) in [4.78, 5) is 53.8. The number of likely N-dealkylation sites (tertiary alicyclic amines) is 1. The number of aromatic hydroxyl groups is 1. The Morgan fingerprint density at radius 1 is 1.19 bits per heavy atom. The molecule has 0 aromatic heterocycles. The molecule has 4 heterocycles. The van der Waals surface area contributed by atoms with Gasteiger partial charge in [0.05, 0.1) is 17.7 Å². The summed E-state index contributed by atoms with van der Waals surface area (Å²) in [7, 11) is 0. The van der Waals surface area contributed by atoms with Gasteiger partial charge < -0.3 is 29.7 Å². The molecule has 3 saturated heterocycles. The standard InChI is InChI=1S/C22H21N3O6.Na/c1-11(26)24-10-14-9-13(18(22(30)31)25-17(14)19(24)21(25)29)8-12-6-7-23(20(12)28)15-2-4-16(27)5-3-15;/h2-5,8,14,17,19,27H,6-7,9-10H2,1H3,(H,30,31);/q;+1/p-1/b12-8+;/t14?,17-,19?;/m1./s1. The first-order valence-corrected chi connectivity index (χ1v) is 10.1. The summed E-state index contributed by atoms with van der Waals surface area (Å²) < 4.78 is 0. The van der Waals surface area contributed by atoms with Crippen molar-refractivity contribution in [1.82, 2.24) is 9.80 Å². The number of amides is 3. The van der Waals surface area contributed by atoms with E-state index in [1.807, 2.05) is 0 Å². The average molecular weight is 445 g/mol. The van der Waals surface area contributed by atoms with Crippen LogP contribution in [0.4, 0.5) is 5.69 Å². The number of carboxylic acid groups (broad SMARTS) is 1. The van der Waals surface area contributed by atoms with Gasteiger partial charge in [-0.15, -0.1) is 0 Å². The van der Waals surface area contributed by atoms with Crippen molar-refractivity contribution in [3.05, 3.63) is 47.2 Å². The van der Waals surface area contributed by atoms with Gasteiger partial charge in [-0.2, -0.15) is 0 Å². The minimum atomic E-state index is -1.46. The van der Waals surface area contributed by atoms with Crippen LogP contribution in [0.1, 0.15) is 19.8 Å². The fourth-order valence-electron chi connectivity index (χ4n) is 5.25. The van der Waals surface area contributed by atoms with Gasteiger partial charge in [0.2, 0.25) is 5.91 Å². The summed E-state index contributed by atoms with van der Waals surface area (Å²) in [5.74, 6) is -2.31. The van der Waals surface area contributed by atoms with Crippen LogP contribution in [0, 0.1) is 5.92 Å². The van der Waals surface area contributed by atoms with Gasteiger partial charge in [-0.25, -0.2) is 0 Å². The molecule has 1 N–H and O–H groups in total. The number of rotatable bonds is 3. The summed E-state index contributed by atoms with van der Waals surface area (Å²) in [6, 6.07) is 5.31. The molecule has 0 saturated carbocycles. The van der Waals surface area contributed by atoms with Gasteiger partial charge in [-0.3, -0.25) is 14.4 Å². The van der Waals surface area contributed by atoms with E-state index in [1.54, 1.807) is 23.1 Å². The molecule has 160 valence electrons. The molecular formula is C22H20N3NaO6. The van der Waals surface area contributed by atoms with Crippen molar-refractivity contribution in [3.8, 4) is 5.75 Å². The first kappa shape index (κ1) is 22.6. The molecule has 3 fully saturated rings. The zero-order valence-electron chi connectivity index (χ0n) is 17.8. The monoisotopic (exact) mass is 445 g/mol. The van der Waals surface area contributed by atoms with Crippen LogP contribution in [0.5, 0.6) is 5.75 Å². The van der Waals surface area contributed by atoms with Crippen molar-refractivity contribution in [2.24, 2.45) is 5.92 Å². The molecule has 9 nitrogen and oxygen atoms in total. The molecule has 3 atom stereocenters. The van der Waals surface area contributed by atoms with Crippen molar-refractivity contribution in [2.75, 3.05) is 18.0 Å². The maximum atomic E-state index is 12.9. The Balaban J connectivity index is 0.00000245. The van der Waals surface area contributed by atoms with Crippen molar-refractivity contribution >= 4 is 29.4 Å². The van der Waals surface area contributed by atoms with Crippen molar-refractivity contribution < 1.29 is 58.9 Å². The first-order chi connectivity index (χ1) is 14.8. The van der Waals surface area contributed by atoms with Crippen LogP contribution in [-0.4, -0.2) is 63.8 Å². The van der Waals surface area contributed by atoms with E-state index in [0.29, 0.717) is 42.8 Å². The van der Waals surface area contributed by atoms with Crippen LogP contribution in [0.15, 0.2) is 47.2 Å². The van der Waals surface area contributed by atoms with E-state index in [0.717, 1.165) is 0 Å². The van der Waals surface area contributed by atoms with Crippen LogP contribution in [0.25, 0.3) is 0 Å². The van der Waals surface area contributed by atoms with Gasteiger partial charge in [0.25, 0.3) is 11.8 Å². The molecule has 4 aliphatic heterocycles. The Hall–Kier alpha value is -2.62. The molecule has 0 radical (unpaired) electrons. The van der Waals surface area contributed by atoms with Crippen molar-refractivity contribution in [1.29, 1.82) is 0 Å². The number of carbonyl (C=O) groups excluding carboxylic acids is 4. The van der Waals surface area contributed by atoms with Gasteiger partial charge in [0.1, 0.15) is 11.8 Å². The molecule has 10 heteroatoms. The Bertz CT molecular complexity index is 1100. The van der Waals surface area contributed by atoms with Crippen LogP contribution in [0.3, 0.4) is 0 Å². The minimum absolute atomic E-state index is 0. The molecule has 0 bridgehead atoms. The molecule has 4 aliphatic rings. The number of phenols is 1. The maximum absolute atomic E-state index is 12.9. The number of carbonyl (C=O) groups is 4. The number of hydrogen-bond donors (Lipinski definition) is 1. The Labute approximate surface area is 206 Å². The number of β-lactam (4-membered cyclic amide) rings is 1. The number of aliphatic carboxylic acids is 1. The summed E-state index contributed by atoms with van der Waals surface area (Å²) in [6.07, 6.45) is 2.35. The molecule has 32 heavy (non-hydrogen) atoms. The molecular weight excluding hydrogens is 425 g/mol. The molecule has 3 amide bonds. The topological polar surface area (TPSA) is 121 Å². The molecule has 2 unspecified atom stereocenters. The largest absolute Gasteiger partial charge is 1.00 e. The fourth-order valence-corrected chi connectivity index (χ4v) is 5.25. The Kier molecular flexibility index (Phi) is 5.68. The molecule has 0 spiro atoms. The predicted octanol–water partition coefficient (Wildman–Crippen LogP) is -3.48. The molecule has 1 aromatic carbocycles. The average Bonchev–Trinajstić information content (AvgIpc) is 3.27. The number of carboxylic acids is 1. The Morgan fingerprint density at radius 3 is 2.50 bits per heavy atom. The minimum Gasteiger partial charge on any atom is -0.543 e. The van der Waals surface area contributed by atoms with E-state index in [1.165, 1.54) is 28.9 Å². The normalized spacial score (nSPS) is 27.5. The Morgan fingerprint density at radius 2 is 1.88 bits per heavy atom. The second-order valence-electron chi connectivity index (χ2n) is 8.33. The van der Waals surface area contributed by atoms with Gasteiger partial charge in [0, 0.05) is 37.2 Å². The quantitative estimate of drug-likeness (QED) is 0.293. The molecule has 0 aliphatic carbocycles. The van der Waals surface area contributed by atoms with Gasteiger partial charge in [-0.05, 0) is 48.8 Å². The number of nitrogens with zero attached hydrogens (tertiary/aromatic N) is 3. The zero-order chi connectivity index (χ0) is 22.0. The second kappa shape index (κ2) is 8.06. The third kappa shape index (κ3) is 3.27. The third-order valence-electron chi connectivity index (χ3n) is 6.62. The summed E-state index contributed by atoms with van der Waals surface area (Å²) >= 11 is 0. The van der Waals surface area contributed by atoms with E-state index in [9.17, 15) is 29.4 Å². The third-order valence-corrected chi connectivity index (χ3v) is 6.62. The summed E-state index contributed by atoms with van der Waals surface area (Å²) in [6.45, 7) is 2.21. The number of benzene rings is 1. The van der Waals surface area contributed by atoms with Crippen LogP contribution >= 0.6 is 0 Å². The van der Waals surface area contributed by atoms with E-state index in [-0.39, 0.29) is 64.8 Å². The van der Waals surface area contributed by atoms with Gasteiger partial charge in [0.15, 0.2) is 0 Å². The van der Waals surface area contributed by atoms with E-state index in [2.05, 4.69) is 0 Å². The van der Waals surface area contributed by atoms with Gasteiger partial charge >= 0.3 is 29.6 Å². The van der Waals surface area contributed by atoms with E-state index >= 15 is 0 Å². The zero-order valence-corrected chi connectivity index (χ0v) is 19.8. The van der Waals surface area contributed by atoms with E-state index in [4.69, 9.17) is 0 Å². The summed E-state index contributed by atoms with van der Waals surface area (Å²) in [5, 5.41) is 21.4. The fraction of sp³-hybridized carbons (Fsp3) is 0.364. The number of allylic oxidation sites excluding steroid dienone is 2. The second-order valence-corrected chi connectivity index (χ2v) is 8.33. The first-order valence-electron chi connectivity index (χ1n) is 10.1. The molecule has 5 rings (SSSR count). The van der Waals surface area contributed by atoms with Crippen LogP contribution in [-0.2, 0) is 19.2 Å². The van der Waals surface area contributed by atoms with Crippen molar-refractivity contribution in [3.63, 3.8) is 0 Å². The number of hydrogen-bond acceptors (Lipinski definition) is 6. The molecule has 1 aromatic rings. The SMILES string of the molecule is CC(=O)N1CC2CC(/C=C3\CCN(c4ccc(O)cc4)C3=O)=C(C(=O)[O-])N3C(=O)C1[C@@H]23.[Na+]. The maximum Gasteiger partial charge on any atom is 1.00 e. The summed E-state index contributed by atoms with van der Waals surface area (Å²) in [5.41, 5.74) is 1.27. The number of phenolic OH excluding ortho intramolecular Hbond substituents is 1. The van der Waals surface area contributed by atoms with Gasteiger partial charge in [-0.1, -0.05) is 0 Å².